The molecule has 1 aromatic carbocycles. The van der Waals surface area contributed by atoms with Gasteiger partial charge in [0, 0.05) is 11.2 Å². The van der Waals surface area contributed by atoms with E-state index in [2.05, 4.69) is 5.10 Å². The van der Waals surface area contributed by atoms with Gasteiger partial charge in [-0.05, 0) is 18.1 Å². The number of aromatic nitrogens is 2. The molecule has 0 spiro atoms. The van der Waals surface area contributed by atoms with Crippen molar-refractivity contribution in [1.29, 1.82) is 0 Å². The highest BCUT2D eigenvalue weighted by Gasteiger charge is 2.10. The van der Waals surface area contributed by atoms with Crippen LogP contribution in [0.4, 0.5) is 0 Å². The lowest BCUT2D eigenvalue weighted by molar-refractivity contribution is 0.0549. The van der Waals surface area contributed by atoms with E-state index in [1.54, 1.807) is 10.9 Å². The first-order chi connectivity index (χ1) is 10.2. The van der Waals surface area contributed by atoms with E-state index in [0.29, 0.717) is 17.1 Å². The van der Waals surface area contributed by atoms with Crippen LogP contribution in [0, 0.1) is 0 Å². The standard InChI is InChI=1S/C16H17ClN2O2/c1-2-3-6-9-21-16(20)14-10-18-19(12-14)11-13-7-4-5-8-15(13)17/h3-8,10,12H,2,9,11H2,1H3/b6-3+. The topological polar surface area (TPSA) is 44.1 Å². The molecule has 0 aliphatic carbocycles. The molecule has 1 heterocycles. The summed E-state index contributed by atoms with van der Waals surface area (Å²) < 4.78 is 6.78. The number of nitrogens with zero attached hydrogens (tertiary/aromatic N) is 2. The summed E-state index contributed by atoms with van der Waals surface area (Å²) in [4.78, 5) is 11.8. The predicted molar refractivity (Wildman–Crippen MR) is 82.5 cm³/mol. The van der Waals surface area contributed by atoms with E-state index >= 15 is 0 Å². The van der Waals surface area contributed by atoms with Gasteiger partial charge in [-0.15, -0.1) is 0 Å². The van der Waals surface area contributed by atoms with Crippen LogP contribution >= 0.6 is 11.6 Å². The van der Waals surface area contributed by atoms with E-state index in [0.717, 1.165) is 12.0 Å². The van der Waals surface area contributed by atoms with E-state index in [4.69, 9.17) is 16.3 Å². The zero-order valence-corrected chi connectivity index (χ0v) is 12.6. The molecule has 4 nitrogen and oxygen atoms in total. The smallest absolute Gasteiger partial charge is 0.341 e. The summed E-state index contributed by atoms with van der Waals surface area (Å²) in [6.07, 6.45) is 7.87. The molecule has 0 saturated heterocycles. The lowest BCUT2D eigenvalue weighted by Gasteiger charge is -2.03. The molecule has 0 fully saturated rings. The van der Waals surface area contributed by atoms with Crippen molar-refractivity contribution >= 4 is 17.6 Å². The molecule has 0 amide bonds. The minimum absolute atomic E-state index is 0.280. The Balaban J connectivity index is 1.96. The molecular formula is C16H17ClN2O2. The molecule has 2 aromatic rings. The molecule has 0 bridgehead atoms. The molecule has 21 heavy (non-hydrogen) atoms. The number of hydrogen-bond acceptors (Lipinski definition) is 3. The number of hydrogen-bond donors (Lipinski definition) is 0. The van der Waals surface area contributed by atoms with Crippen molar-refractivity contribution in [2.45, 2.75) is 19.9 Å². The summed E-state index contributed by atoms with van der Waals surface area (Å²) in [7, 11) is 0. The Morgan fingerprint density at radius 3 is 2.95 bits per heavy atom. The molecule has 5 heteroatoms. The lowest BCUT2D eigenvalue weighted by atomic mass is 10.2. The monoisotopic (exact) mass is 304 g/mol. The van der Waals surface area contributed by atoms with Crippen molar-refractivity contribution in [2.24, 2.45) is 0 Å². The lowest BCUT2D eigenvalue weighted by Crippen LogP contribution is -2.04. The van der Waals surface area contributed by atoms with Gasteiger partial charge in [0.05, 0.1) is 18.3 Å². The zero-order chi connectivity index (χ0) is 15.1. The molecule has 0 aliphatic heterocycles. The summed E-state index contributed by atoms with van der Waals surface area (Å²) in [5.41, 5.74) is 1.39. The number of allylic oxidation sites excluding steroid dienone is 1. The molecule has 0 atom stereocenters. The number of carbonyl (C=O) groups excluding carboxylic acids is 1. The Morgan fingerprint density at radius 2 is 2.19 bits per heavy atom. The maximum atomic E-state index is 11.8. The van der Waals surface area contributed by atoms with Crippen molar-refractivity contribution in [1.82, 2.24) is 9.78 Å². The average molecular weight is 305 g/mol. The number of halogens is 1. The third-order valence-electron chi connectivity index (χ3n) is 2.87. The highest BCUT2D eigenvalue weighted by atomic mass is 35.5. The predicted octanol–water partition coefficient (Wildman–Crippen LogP) is 3.71. The first kappa shape index (κ1) is 15.3. The second-order valence-corrected chi connectivity index (χ2v) is 4.90. The molecular weight excluding hydrogens is 288 g/mol. The van der Waals surface area contributed by atoms with Crippen molar-refractivity contribution in [2.75, 3.05) is 6.61 Å². The Kier molecular flexibility index (Phi) is 5.58. The summed E-state index contributed by atoms with van der Waals surface area (Å²) >= 11 is 6.10. The minimum atomic E-state index is -0.374. The molecule has 0 radical (unpaired) electrons. The van der Waals surface area contributed by atoms with Crippen LogP contribution in [0.25, 0.3) is 0 Å². The summed E-state index contributed by atoms with van der Waals surface area (Å²) in [5.74, 6) is -0.374. The van der Waals surface area contributed by atoms with Gasteiger partial charge in [0.1, 0.15) is 6.61 Å². The van der Waals surface area contributed by atoms with Gasteiger partial charge in [-0.1, -0.05) is 48.9 Å². The van der Waals surface area contributed by atoms with Gasteiger partial charge in [0.15, 0.2) is 0 Å². The highest BCUT2D eigenvalue weighted by Crippen LogP contribution is 2.16. The van der Waals surface area contributed by atoms with E-state index in [1.165, 1.54) is 6.20 Å². The first-order valence-electron chi connectivity index (χ1n) is 6.78. The largest absolute Gasteiger partial charge is 0.458 e. The van der Waals surface area contributed by atoms with E-state index < -0.39 is 0 Å². The molecule has 0 unspecified atom stereocenters. The highest BCUT2D eigenvalue weighted by molar-refractivity contribution is 6.31. The maximum absolute atomic E-state index is 11.8. The fraction of sp³-hybridized carbons (Fsp3) is 0.250. The van der Waals surface area contributed by atoms with Crippen molar-refractivity contribution < 1.29 is 9.53 Å². The van der Waals surface area contributed by atoms with E-state index in [-0.39, 0.29) is 12.6 Å². The fourth-order valence-electron chi connectivity index (χ4n) is 1.80. The van der Waals surface area contributed by atoms with Crippen LogP contribution in [0.5, 0.6) is 0 Å². The van der Waals surface area contributed by atoms with E-state index in [9.17, 15) is 4.79 Å². The maximum Gasteiger partial charge on any atom is 0.341 e. The number of rotatable bonds is 6. The third-order valence-corrected chi connectivity index (χ3v) is 3.24. The number of benzene rings is 1. The van der Waals surface area contributed by atoms with Crippen LogP contribution in [0.2, 0.25) is 5.02 Å². The Hall–Kier alpha value is -2.07. The second kappa shape index (κ2) is 7.64. The summed E-state index contributed by atoms with van der Waals surface area (Å²) in [6.45, 7) is 2.82. The van der Waals surface area contributed by atoms with Gasteiger partial charge in [0.25, 0.3) is 0 Å². The van der Waals surface area contributed by atoms with Gasteiger partial charge in [0.2, 0.25) is 0 Å². The van der Waals surface area contributed by atoms with Gasteiger partial charge >= 0.3 is 5.97 Å². The Morgan fingerprint density at radius 1 is 1.38 bits per heavy atom. The van der Waals surface area contributed by atoms with Crippen molar-refractivity contribution in [3.8, 4) is 0 Å². The van der Waals surface area contributed by atoms with E-state index in [1.807, 2.05) is 43.3 Å². The average Bonchev–Trinajstić information content (AvgIpc) is 2.94. The molecule has 0 N–H and O–H groups in total. The molecule has 110 valence electrons. The van der Waals surface area contributed by atoms with Crippen LogP contribution in [-0.2, 0) is 11.3 Å². The van der Waals surface area contributed by atoms with Crippen LogP contribution in [0.3, 0.4) is 0 Å². The van der Waals surface area contributed by atoms with Crippen LogP contribution < -0.4 is 0 Å². The van der Waals surface area contributed by atoms with Crippen LogP contribution in [-0.4, -0.2) is 22.4 Å². The van der Waals surface area contributed by atoms with Gasteiger partial charge in [-0.25, -0.2) is 4.79 Å². The SMILES string of the molecule is CC/C=C/COC(=O)c1cnn(Cc2ccccc2Cl)c1. The van der Waals surface area contributed by atoms with Gasteiger partial charge < -0.3 is 4.74 Å². The van der Waals surface area contributed by atoms with Gasteiger partial charge in [-0.2, -0.15) is 5.10 Å². The number of esters is 1. The van der Waals surface area contributed by atoms with Crippen LogP contribution in [0.1, 0.15) is 29.3 Å². The van der Waals surface area contributed by atoms with Crippen molar-refractivity contribution in [3.63, 3.8) is 0 Å². The summed E-state index contributed by atoms with van der Waals surface area (Å²) in [5, 5.41) is 4.84. The molecule has 2 rings (SSSR count). The summed E-state index contributed by atoms with van der Waals surface area (Å²) in [6, 6.07) is 7.55. The number of ether oxygens (including phenoxy) is 1. The second-order valence-electron chi connectivity index (χ2n) is 4.50. The fourth-order valence-corrected chi connectivity index (χ4v) is 1.99. The third kappa shape index (κ3) is 4.46. The normalized spacial score (nSPS) is 11.0. The quantitative estimate of drug-likeness (QED) is 0.603. The molecule has 0 saturated carbocycles. The Bertz CT molecular complexity index is 635. The number of carbonyl (C=O) groups is 1. The zero-order valence-electron chi connectivity index (χ0n) is 11.8. The van der Waals surface area contributed by atoms with Gasteiger partial charge in [-0.3, -0.25) is 4.68 Å². The molecule has 1 aromatic heterocycles. The van der Waals surface area contributed by atoms with Crippen LogP contribution in [0.15, 0.2) is 48.8 Å². The molecule has 0 aliphatic rings. The van der Waals surface area contributed by atoms with Crippen molar-refractivity contribution in [3.05, 3.63) is 65.0 Å². The minimum Gasteiger partial charge on any atom is -0.458 e. The first-order valence-corrected chi connectivity index (χ1v) is 7.16. The Labute approximate surface area is 129 Å².